The summed E-state index contributed by atoms with van der Waals surface area (Å²) in [4.78, 5) is 25.8. The molecule has 0 amide bonds. The summed E-state index contributed by atoms with van der Waals surface area (Å²) >= 11 is 0. The van der Waals surface area contributed by atoms with Crippen LogP contribution in [0.3, 0.4) is 0 Å². The lowest BCUT2D eigenvalue weighted by Crippen LogP contribution is -2.35. The number of methoxy groups -OCH3 is 1. The van der Waals surface area contributed by atoms with Crippen LogP contribution in [0, 0.1) is 5.92 Å². The summed E-state index contributed by atoms with van der Waals surface area (Å²) in [6.45, 7) is 7.75. The van der Waals surface area contributed by atoms with Gasteiger partial charge in [-0.05, 0) is 38.7 Å². The van der Waals surface area contributed by atoms with E-state index in [9.17, 15) is 9.59 Å². The number of carbonyl (C=O) groups excluding carboxylic acids is 2. The zero-order chi connectivity index (χ0) is 20.7. The maximum Gasteiger partial charge on any atom is 0.337 e. The molecule has 0 saturated carbocycles. The van der Waals surface area contributed by atoms with Gasteiger partial charge in [-0.15, -0.1) is 0 Å². The molecule has 0 spiro atoms. The number of hydrogen-bond acceptors (Lipinski definition) is 5. The number of rotatable bonds is 7. The maximum absolute atomic E-state index is 13.2. The summed E-state index contributed by atoms with van der Waals surface area (Å²) in [5.41, 5.74) is 3.16. The third-order valence-electron chi connectivity index (χ3n) is 5.07. The molecular weight excluding hydrogens is 354 g/mol. The Balaban J connectivity index is 2.52. The Kier molecular flexibility index (Phi) is 7.85. The van der Waals surface area contributed by atoms with E-state index in [4.69, 9.17) is 9.47 Å². The Labute approximate surface area is 167 Å². The maximum atomic E-state index is 13.2. The lowest BCUT2D eigenvalue weighted by Gasteiger charge is -2.31. The summed E-state index contributed by atoms with van der Waals surface area (Å²) in [6.07, 6.45) is 13.1. The Hall–Kier alpha value is -2.56. The molecule has 0 radical (unpaired) electrons. The van der Waals surface area contributed by atoms with E-state index in [2.05, 4.69) is 12.2 Å². The summed E-state index contributed by atoms with van der Waals surface area (Å²) in [5.74, 6) is -1.36. The van der Waals surface area contributed by atoms with Crippen LogP contribution < -0.4 is 5.32 Å². The molecule has 2 aliphatic rings. The number of nitrogens with one attached hydrogen (secondary N) is 1. The van der Waals surface area contributed by atoms with Gasteiger partial charge in [0.1, 0.15) is 6.10 Å². The Morgan fingerprint density at radius 2 is 1.82 bits per heavy atom. The number of hydrogen-bond donors (Lipinski definition) is 1. The number of dihydropyridines is 1. The minimum Gasteiger partial charge on any atom is -0.466 e. The highest BCUT2D eigenvalue weighted by molar-refractivity contribution is 5.99. The van der Waals surface area contributed by atoms with Gasteiger partial charge in [-0.3, -0.25) is 0 Å². The summed E-state index contributed by atoms with van der Waals surface area (Å²) in [7, 11) is 1.36. The van der Waals surface area contributed by atoms with Crippen LogP contribution in [-0.4, -0.2) is 25.2 Å². The van der Waals surface area contributed by atoms with Gasteiger partial charge in [-0.1, -0.05) is 50.6 Å². The molecular formula is C23H31NO4. The van der Waals surface area contributed by atoms with Crippen LogP contribution >= 0.6 is 0 Å². The monoisotopic (exact) mass is 385 g/mol. The first kappa shape index (κ1) is 21.7. The molecule has 1 heterocycles. The normalized spacial score (nSPS) is 20.3. The van der Waals surface area contributed by atoms with Crippen molar-refractivity contribution in [3.8, 4) is 0 Å². The van der Waals surface area contributed by atoms with Gasteiger partial charge in [0.25, 0.3) is 0 Å². The Bertz CT molecular complexity index is 767. The predicted molar refractivity (Wildman–Crippen MR) is 110 cm³/mol. The van der Waals surface area contributed by atoms with Crippen LogP contribution in [0.4, 0.5) is 0 Å². The fourth-order valence-corrected chi connectivity index (χ4v) is 3.65. The summed E-state index contributed by atoms with van der Waals surface area (Å²) in [6, 6.07) is 0. The molecule has 28 heavy (non-hydrogen) atoms. The quantitative estimate of drug-likeness (QED) is 0.654. The van der Waals surface area contributed by atoms with E-state index in [1.165, 1.54) is 7.11 Å². The molecule has 2 atom stereocenters. The van der Waals surface area contributed by atoms with E-state index < -0.39 is 11.9 Å². The smallest absolute Gasteiger partial charge is 0.337 e. The van der Waals surface area contributed by atoms with Crippen molar-refractivity contribution < 1.29 is 19.1 Å². The third-order valence-corrected chi connectivity index (χ3v) is 5.07. The van der Waals surface area contributed by atoms with Crippen LogP contribution in [0.1, 0.15) is 53.4 Å². The minimum absolute atomic E-state index is 0.134. The molecule has 1 N–H and O–H groups in total. The molecule has 1 aliphatic heterocycles. The van der Waals surface area contributed by atoms with Crippen LogP contribution in [0.25, 0.3) is 0 Å². The molecule has 2 rings (SSSR count). The number of allylic oxidation sites excluding steroid dienone is 8. The van der Waals surface area contributed by atoms with Crippen molar-refractivity contribution in [2.24, 2.45) is 5.92 Å². The van der Waals surface area contributed by atoms with Crippen molar-refractivity contribution in [3.63, 3.8) is 0 Å². The second-order valence-electron chi connectivity index (χ2n) is 7.08. The van der Waals surface area contributed by atoms with E-state index in [0.717, 1.165) is 31.3 Å². The molecule has 5 nitrogen and oxygen atoms in total. The molecule has 0 bridgehead atoms. The standard InChI is InChI=1S/C23H31NO4/c1-6-12-18(7-2)28-23(26)20-16(4)24-15(3)19(22(25)27-5)21(20)17-13-10-8-9-11-14-17/h8,10-11,13-14,18,21,24H,6-7,9,12H2,1-5H3/t18-,21+/m0/s1. The zero-order valence-electron chi connectivity index (χ0n) is 17.5. The van der Waals surface area contributed by atoms with E-state index in [1.807, 2.05) is 51.2 Å². The van der Waals surface area contributed by atoms with Gasteiger partial charge in [-0.25, -0.2) is 9.59 Å². The van der Waals surface area contributed by atoms with Gasteiger partial charge >= 0.3 is 11.9 Å². The average molecular weight is 386 g/mol. The molecule has 0 fully saturated rings. The van der Waals surface area contributed by atoms with E-state index in [1.54, 1.807) is 0 Å². The summed E-state index contributed by atoms with van der Waals surface area (Å²) < 4.78 is 10.9. The van der Waals surface area contributed by atoms with Crippen molar-refractivity contribution >= 4 is 11.9 Å². The lowest BCUT2D eigenvalue weighted by molar-refractivity contribution is -0.145. The van der Waals surface area contributed by atoms with Crippen molar-refractivity contribution in [2.75, 3.05) is 7.11 Å². The first-order chi connectivity index (χ1) is 13.4. The Morgan fingerprint density at radius 3 is 2.43 bits per heavy atom. The molecule has 0 unspecified atom stereocenters. The number of carbonyl (C=O) groups is 2. The van der Waals surface area contributed by atoms with Gasteiger partial charge in [0.2, 0.25) is 0 Å². The minimum atomic E-state index is -0.528. The highest BCUT2D eigenvalue weighted by atomic mass is 16.5. The molecule has 0 aromatic carbocycles. The molecule has 152 valence electrons. The van der Waals surface area contributed by atoms with E-state index in [-0.39, 0.29) is 12.1 Å². The van der Waals surface area contributed by atoms with Crippen LogP contribution in [0.2, 0.25) is 0 Å². The van der Waals surface area contributed by atoms with Crippen LogP contribution in [0.15, 0.2) is 58.5 Å². The molecule has 0 aromatic heterocycles. The number of ether oxygens (including phenoxy) is 2. The van der Waals surface area contributed by atoms with E-state index in [0.29, 0.717) is 22.5 Å². The average Bonchev–Trinajstić information content (AvgIpc) is 2.95. The lowest BCUT2D eigenvalue weighted by atomic mass is 9.79. The van der Waals surface area contributed by atoms with Gasteiger partial charge in [0.05, 0.1) is 24.2 Å². The van der Waals surface area contributed by atoms with Gasteiger partial charge in [0, 0.05) is 11.4 Å². The van der Waals surface area contributed by atoms with Crippen molar-refractivity contribution in [1.29, 1.82) is 0 Å². The molecule has 1 aliphatic carbocycles. The molecule has 0 saturated heterocycles. The molecule has 5 heteroatoms. The highest BCUT2D eigenvalue weighted by Crippen LogP contribution is 2.38. The van der Waals surface area contributed by atoms with Crippen molar-refractivity contribution in [2.45, 2.75) is 59.5 Å². The fraction of sp³-hybridized carbons (Fsp3) is 0.478. The fourth-order valence-electron chi connectivity index (χ4n) is 3.65. The largest absolute Gasteiger partial charge is 0.466 e. The van der Waals surface area contributed by atoms with Gasteiger partial charge in [-0.2, -0.15) is 0 Å². The van der Waals surface area contributed by atoms with Crippen LogP contribution in [0.5, 0.6) is 0 Å². The molecule has 0 aromatic rings. The third kappa shape index (κ3) is 4.83. The SMILES string of the molecule is CCC[C@H](CC)OC(=O)C1=C(C)NC(C)=C(C(=O)OC)[C@H]1C1=CC=CCC=C1. The van der Waals surface area contributed by atoms with Gasteiger partial charge < -0.3 is 14.8 Å². The number of esters is 2. The zero-order valence-corrected chi connectivity index (χ0v) is 17.5. The highest BCUT2D eigenvalue weighted by Gasteiger charge is 2.38. The summed E-state index contributed by atoms with van der Waals surface area (Å²) in [5, 5.41) is 3.17. The van der Waals surface area contributed by atoms with Crippen molar-refractivity contribution in [3.05, 3.63) is 58.5 Å². The second-order valence-corrected chi connectivity index (χ2v) is 7.08. The van der Waals surface area contributed by atoms with Crippen LogP contribution in [-0.2, 0) is 19.1 Å². The van der Waals surface area contributed by atoms with Crippen molar-refractivity contribution in [1.82, 2.24) is 5.32 Å². The van der Waals surface area contributed by atoms with E-state index >= 15 is 0 Å². The Morgan fingerprint density at radius 1 is 1.14 bits per heavy atom. The van der Waals surface area contributed by atoms with Gasteiger partial charge in [0.15, 0.2) is 0 Å². The predicted octanol–water partition coefficient (Wildman–Crippen LogP) is 4.49. The second kappa shape index (κ2) is 10.1. The topological polar surface area (TPSA) is 64.6 Å². The first-order valence-electron chi connectivity index (χ1n) is 9.95. The first-order valence-corrected chi connectivity index (χ1v) is 9.95.